The lowest BCUT2D eigenvalue weighted by Gasteiger charge is -2.19. The highest BCUT2D eigenvalue weighted by Gasteiger charge is 2.07. The number of nitrogens with zero attached hydrogens (tertiary/aromatic N) is 1. The van der Waals surface area contributed by atoms with Crippen molar-refractivity contribution < 1.29 is 0 Å². The van der Waals surface area contributed by atoms with Crippen LogP contribution in [-0.2, 0) is 0 Å². The van der Waals surface area contributed by atoms with E-state index in [2.05, 4.69) is 70.0 Å². The molecule has 0 radical (unpaired) electrons. The summed E-state index contributed by atoms with van der Waals surface area (Å²) >= 11 is 6.91. The Hall–Kier alpha value is -0.800. The van der Waals surface area contributed by atoms with Crippen molar-refractivity contribution in [1.82, 2.24) is 4.90 Å². The molecule has 0 fully saturated rings. The first kappa shape index (κ1) is 29.9. The van der Waals surface area contributed by atoms with Crippen molar-refractivity contribution >= 4 is 33.9 Å². The molecule has 0 aliphatic rings. The highest BCUT2D eigenvalue weighted by Crippen LogP contribution is 2.22. The molecule has 1 rings (SSSR count). The van der Waals surface area contributed by atoms with Gasteiger partial charge in [-0.15, -0.1) is 11.8 Å². The first-order valence-corrected chi connectivity index (χ1v) is 11.6. The third-order valence-corrected chi connectivity index (χ3v) is 5.01. The number of aryl methyl sites for hydroxylation is 1. The van der Waals surface area contributed by atoms with E-state index < -0.39 is 0 Å². The van der Waals surface area contributed by atoms with E-state index >= 15 is 0 Å². The van der Waals surface area contributed by atoms with Crippen LogP contribution in [0.25, 0.3) is 5.57 Å². The minimum Gasteiger partial charge on any atom is -0.360 e. The van der Waals surface area contributed by atoms with Gasteiger partial charge < -0.3 is 4.90 Å². The van der Waals surface area contributed by atoms with Gasteiger partial charge in [0.25, 0.3) is 0 Å². The molecule has 3 heteroatoms. The summed E-state index contributed by atoms with van der Waals surface area (Å²) < 4.78 is 0.954. The number of unbranched alkanes of at least 4 members (excludes halogenated alkanes) is 1. The fourth-order valence-electron chi connectivity index (χ4n) is 1.90. The van der Waals surface area contributed by atoms with E-state index in [1.165, 1.54) is 29.5 Å². The number of benzene rings is 1. The topological polar surface area (TPSA) is 3.24 Å². The summed E-state index contributed by atoms with van der Waals surface area (Å²) in [7, 11) is 2.06. The van der Waals surface area contributed by atoms with Crippen LogP contribution in [0.2, 0.25) is 0 Å². The molecule has 0 spiro atoms. The Labute approximate surface area is 174 Å². The quantitative estimate of drug-likeness (QED) is 0.461. The molecule has 0 amide bonds. The predicted molar refractivity (Wildman–Crippen MR) is 131 cm³/mol. The van der Waals surface area contributed by atoms with Crippen molar-refractivity contribution in [3.63, 3.8) is 0 Å². The van der Waals surface area contributed by atoms with Gasteiger partial charge in [-0.3, -0.25) is 0 Å². The van der Waals surface area contributed by atoms with Crippen LogP contribution < -0.4 is 0 Å². The van der Waals surface area contributed by atoms with Gasteiger partial charge in [-0.25, -0.2) is 0 Å². The molecule has 0 heterocycles. The molecule has 0 aromatic heterocycles. The standard InChI is InChI=1S/C15H21NS2.C4H10.2C2H6/c1-5-13(10-11-16(3)15(17)18-4)14-9-7-6-8-12(14)2;1-3-4-2;2*1-2/h5-9H,10-11H2,1-4H3;3-4H2,1-2H3;2*1-2H3/b13-5-;;;. The molecule has 0 aliphatic carbocycles. The molecule has 0 bridgehead atoms. The maximum absolute atomic E-state index is 5.28. The molecule has 26 heavy (non-hydrogen) atoms. The maximum atomic E-state index is 5.28. The van der Waals surface area contributed by atoms with Crippen LogP contribution in [0.3, 0.4) is 0 Å². The van der Waals surface area contributed by atoms with Crippen molar-refractivity contribution in [3.05, 3.63) is 41.5 Å². The number of thiocarbonyl (C=S) groups is 1. The third kappa shape index (κ3) is 14.4. The molecule has 0 atom stereocenters. The zero-order valence-electron chi connectivity index (χ0n) is 19.0. The van der Waals surface area contributed by atoms with Crippen molar-refractivity contribution in [2.24, 2.45) is 0 Å². The molecule has 0 saturated carbocycles. The summed E-state index contributed by atoms with van der Waals surface area (Å²) in [5.41, 5.74) is 4.08. The van der Waals surface area contributed by atoms with Crippen molar-refractivity contribution in [2.45, 2.75) is 74.7 Å². The number of hydrogen-bond donors (Lipinski definition) is 0. The lowest BCUT2D eigenvalue weighted by molar-refractivity contribution is 0.534. The molecule has 0 aliphatic heterocycles. The van der Waals surface area contributed by atoms with E-state index in [1.54, 1.807) is 11.8 Å². The van der Waals surface area contributed by atoms with Crippen LogP contribution in [0.5, 0.6) is 0 Å². The number of allylic oxidation sites excluding steroid dienone is 1. The Balaban J connectivity index is -0.000000568. The van der Waals surface area contributed by atoms with Gasteiger partial charge in [-0.1, -0.05) is 96.9 Å². The van der Waals surface area contributed by atoms with Crippen molar-refractivity contribution in [2.75, 3.05) is 19.8 Å². The summed E-state index contributed by atoms with van der Waals surface area (Å²) in [6.45, 7) is 17.6. The zero-order valence-corrected chi connectivity index (χ0v) is 20.6. The second-order valence-electron chi connectivity index (χ2n) is 5.27. The van der Waals surface area contributed by atoms with Gasteiger partial charge in [0, 0.05) is 13.6 Å². The summed E-state index contributed by atoms with van der Waals surface area (Å²) in [5.74, 6) is 0. The SMILES string of the molecule is C/C=C(/CCN(C)C(=S)SC)c1ccccc1C.CC.CC.CCCC. The van der Waals surface area contributed by atoms with E-state index in [-0.39, 0.29) is 0 Å². The van der Waals surface area contributed by atoms with Crippen molar-refractivity contribution in [3.8, 4) is 0 Å². The largest absolute Gasteiger partial charge is 0.360 e. The second kappa shape index (κ2) is 22.2. The molecule has 152 valence electrons. The van der Waals surface area contributed by atoms with Crippen LogP contribution in [0.1, 0.15) is 78.9 Å². The molecular formula is C23H43NS2. The number of hydrogen-bond acceptors (Lipinski definition) is 2. The third-order valence-electron chi connectivity index (χ3n) is 3.54. The molecule has 0 N–H and O–H groups in total. The van der Waals surface area contributed by atoms with Crippen LogP contribution >= 0.6 is 24.0 Å². The van der Waals surface area contributed by atoms with Crippen LogP contribution in [0, 0.1) is 6.92 Å². The molecule has 0 saturated heterocycles. The Morgan fingerprint density at radius 1 is 1.08 bits per heavy atom. The van der Waals surface area contributed by atoms with Crippen LogP contribution in [0.4, 0.5) is 0 Å². The van der Waals surface area contributed by atoms with E-state index in [1.807, 2.05) is 34.0 Å². The lowest BCUT2D eigenvalue weighted by atomic mass is 9.98. The fraction of sp³-hybridized carbons (Fsp3) is 0.609. The van der Waals surface area contributed by atoms with Gasteiger partial charge in [0.15, 0.2) is 0 Å². The summed E-state index contributed by atoms with van der Waals surface area (Å²) in [4.78, 5) is 2.14. The molecular weight excluding hydrogens is 354 g/mol. The van der Waals surface area contributed by atoms with Crippen LogP contribution in [-0.4, -0.2) is 29.1 Å². The Morgan fingerprint density at radius 2 is 1.58 bits per heavy atom. The molecule has 1 nitrogen and oxygen atoms in total. The van der Waals surface area contributed by atoms with Crippen LogP contribution in [0.15, 0.2) is 30.3 Å². The Kier molecular flexibility index (Phi) is 25.6. The van der Waals surface area contributed by atoms with E-state index in [0.717, 1.165) is 17.3 Å². The molecule has 1 aromatic carbocycles. The Morgan fingerprint density at radius 3 is 1.96 bits per heavy atom. The van der Waals surface area contributed by atoms with Gasteiger partial charge in [-0.05, 0) is 43.2 Å². The average molecular weight is 398 g/mol. The fourth-order valence-corrected chi connectivity index (χ4v) is 2.40. The Bertz CT molecular complexity index is 465. The van der Waals surface area contributed by atoms with Gasteiger partial charge in [0.1, 0.15) is 4.32 Å². The van der Waals surface area contributed by atoms with Gasteiger partial charge >= 0.3 is 0 Å². The first-order valence-electron chi connectivity index (χ1n) is 10.0. The van der Waals surface area contributed by atoms with Gasteiger partial charge in [0.2, 0.25) is 0 Å². The van der Waals surface area contributed by atoms with Gasteiger partial charge in [-0.2, -0.15) is 0 Å². The zero-order chi connectivity index (χ0) is 21.0. The minimum absolute atomic E-state index is 0.954. The molecule has 1 aromatic rings. The molecule has 0 unspecified atom stereocenters. The maximum Gasteiger partial charge on any atom is 0.135 e. The second-order valence-corrected chi connectivity index (χ2v) is 6.71. The van der Waals surface area contributed by atoms with E-state index in [9.17, 15) is 0 Å². The number of thioether (sulfide) groups is 1. The van der Waals surface area contributed by atoms with Gasteiger partial charge in [0.05, 0.1) is 0 Å². The highest BCUT2D eigenvalue weighted by molar-refractivity contribution is 8.22. The highest BCUT2D eigenvalue weighted by atomic mass is 32.2. The van der Waals surface area contributed by atoms with Crippen molar-refractivity contribution in [1.29, 1.82) is 0 Å². The monoisotopic (exact) mass is 397 g/mol. The lowest BCUT2D eigenvalue weighted by Crippen LogP contribution is -2.23. The summed E-state index contributed by atoms with van der Waals surface area (Å²) in [6, 6.07) is 8.54. The summed E-state index contributed by atoms with van der Waals surface area (Å²) in [5, 5.41) is 0. The summed E-state index contributed by atoms with van der Waals surface area (Å²) in [6.07, 6.45) is 7.90. The van der Waals surface area contributed by atoms with E-state index in [0.29, 0.717) is 0 Å². The predicted octanol–water partition coefficient (Wildman–Crippen LogP) is 8.23. The average Bonchev–Trinajstić information content (AvgIpc) is 2.71. The minimum atomic E-state index is 0.954. The first-order chi connectivity index (χ1) is 12.5. The smallest absolute Gasteiger partial charge is 0.135 e. The normalized spacial score (nSPS) is 9.54. The van der Waals surface area contributed by atoms with E-state index in [4.69, 9.17) is 12.2 Å². The number of rotatable bonds is 5.